The van der Waals surface area contributed by atoms with E-state index in [2.05, 4.69) is 17.1 Å². The molecule has 0 aromatic carbocycles. The van der Waals surface area contributed by atoms with Gasteiger partial charge in [0.15, 0.2) is 0 Å². The van der Waals surface area contributed by atoms with Gasteiger partial charge in [-0.1, -0.05) is 13.3 Å². The summed E-state index contributed by atoms with van der Waals surface area (Å²) in [7, 11) is 0. The van der Waals surface area contributed by atoms with Gasteiger partial charge in [-0.2, -0.15) is 0 Å². The highest BCUT2D eigenvalue weighted by Gasteiger charge is 2.38. The zero-order chi connectivity index (χ0) is 11.7. The van der Waals surface area contributed by atoms with E-state index in [1.165, 1.54) is 58.3 Å². The van der Waals surface area contributed by atoms with Gasteiger partial charge in [0, 0.05) is 19.1 Å². The van der Waals surface area contributed by atoms with Gasteiger partial charge >= 0.3 is 0 Å². The second kappa shape index (κ2) is 5.27. The summed E-state index contributed by atoms with van der Waals surface area (Å²) in [5.74, 6) is 3.20. The summed E-state index contributed by atoms with van der Waals surface area (Å²) in [6.07, 6.45) is 9.03. The van der Waals surface area contributed by atoms with Crippen LogP contribution in [0.1, 0.15) is 45.4 Å². The first-order chi connectivity index (χ1) is 8.36. The molecule has 0 aromatic heterocycles. The molecule has 0 saturated heterocycles. The van der Waals surface area contributed by atoms with E-state index in [1.807, 2.05) is 0 Å². The van der Waals surface area contributed by atoms with Gasteiger partial charge in [-0.3, -0.25) is 4.90 Å². The molecule has 3 unspecified atom stereocenters. The highest BCUT2D eigenvalue weighted by molar-refractivity contribution is 4.91. The van der Waals surface area contributed by atoms with Crippen LogP contribution in [0.2, 0.25) is 0 Å². The fraction of sp³-hybridized carbons (Fsp3) is 1.00. The molecule has 0 aliphatic heterocycles. The van der Waals surface area contributed by atoms with Crippen LogP contribution in [0, 0.1) is 17.8 Å². The van der Waals surface area contributed by atoms with Crippen molar-refractivity contribution in [3.05, 3.63) is 0 Å². The second-order valence-corrected chi connectivity index (χ2v) is 6.50. The van der Waals surface area contributed by atoms with Gasteiger partial charge in [-0.25, -0.2) is 0 Å². The summed E-state index contributed by atoms with van der Waals surface area (Å²) in [5, 5.41) is 3.72. The van der Waals surface area contributed by atoms with E-state index in [0.717, 1.165) is 23.8 Å². The van der Waals surface area contributed by atoms with Crippen molar-refractivity contribution in [1.82, 2.24) is 10.2 Å². The molecule has 98 valence electrons. The molecule has 0 amide bonds. The first-order valence-corrected chi connectivity index (χ1v) is 7.81. The van der Waals surface area contributed by atoms with Gasteiger partial charge < -0.3 is 5.32 Å². The Labute approximate surface area is 106 Å². The first-order valence-electron chi connectivity index (χ1n) is 7.81. The average Bonchev–Trinajstić information content (AvgIpc) is 2.98. The molecule has 3 fully saturated rings. The van der Waals surface area contributed by atoms with E-state index in [0.29, 0.717) is 0 Å². The van der Waals surface area contributed by atoms with E-state index in [1.54, 1.807) is 6.42 Å². The molecule has 3 saturated carbocycles. The average molecular weight is 236 g/mol. The van der Waals surface area contributed by atoms with E-state index in [4.69, 9.17) is 0 Å². The predicted molar refractivity (Wildman–Crippen MR) is 72.1 cm³/mol. The van der Waals surface area contributed by atoms with Crippen molar-refractivity contribution < 1.29 is 0 Å². The molecule has 0 aromatic rings. The molecule has 17 heavy (non-hydrogen) atoms. The van der Waals surface area contributed by atoms with Crippen molar-refractivity contribution in [2.24, 2.45) is 17.8 Å². The Morgan fingerprint density at radius 1 is 1.12 bits per heavy atom. The zero-order valence-corrected chi connectivity index (χ0v) is 11.3. The molecule has 0 spiro atoms. The topological polar surface area (TPSA) is 15.3 Å². The Bertz CT molecular complexity index is 249. The minimum Gasteiger partial charge on any atom is -0.315 e. The highest BCUT2D eigenvalue weighted by Crippen LogP contribution is 2.47. The lowest BCUT2D eigenvalue weighted by Crippen LogP contribution is -2.36. The van der Waals surface area contributed by atoms with Crippen LogP contribution >= 0.6 is 0 Å². The molecule has 2 bridgehead atoms. The molecule has 3 aliphatic carbocycles. The third kappa shape index (κ3) is 2.85. The summed E-state index contributed by atoms with van der Waals surface area (Å²) in [6.45, 7) is 7.30. The van der Waals surface area contributed by atoms with Crippen molar-refractivity contribution in [3.63, 3.8) is 0 Å². The van der Waals surface area contributed by atoms with Crippen molar-refractivity contribution in [2.45, 2.75) is 51.5 Å². The lowest BCUT2D eigenvalue weighted by molar-refractivity contribution is 0.265. The number of likely N-dealkylation sites (N-methyl/N-ethyl adjacent to an activating group) is 1. The standard InChI is InChI=1S/C15H28N2/c1-2-17(15-5-6-15)8-7-16-11-14-10-12-3-4-13(14)9-12/h12-16H,2-11H2,1H3. The maximum Gasteiger partial charge on any atom is 0.0110 e. The minimum absolute atomic E-state index is 0.935. The summed E-state index contributed by atoms with van der Waals surface area (Å²) >= 11 is 0. The van der Waals surface area contributed by atoms with Crippen LogP contribution in [-0.2, 0) is 0 Å². The third-order valence-electron chi connectivity index (χ3n) is 5.34. The largest absolute Gasteiger partial charge is 0.315 e. The highest BCUT2D eigenvalue weighted by atomic mass is 15.2. The van der Waals surface area contributed by atoms with Gasteiger partial charge in [-0.15, -0.1) is 0 Å². The summed E-state index contributed by atoms with van der Waals surface area (Å²) in [4.78, 5) is 2.65. The lowest BCUT2D eigenvalue weighted by atomic mass is 9.89. The molecule has 2 heteroatoms. The van der Waals surface area contributed by atoms with Crippen LogP contribution in [-0.4, -0.2) is 37.1 Å². The van der Waals surface area contributed by atoms with Crippen LogP contribution in [0.4, 0.5) is 0 Å². The van der Waals surface area contributed by atoms with Gasteiger partial charge in [-0.05, 0) is 62.9 Å². The Kier molecular flexibility index (Phi) is 3.72. The van der Waals surface area contributed by atoms with Gasteiger partial charge in [0.1, 0.15) is 0 Å². The third-order valence-corrected chi connectivity index (χ3v) is 5.34. The SMILES string of the molecule is CCN(CCNCC1CC2CCC1C2)C1CC1. The molecule has 3 rings (SSSR count). The molecule has 1 N–H and O–H groups in total. The Morgan fingerprint density at radius 2 is 2.00 bits per heavy atom. The summed E-state index contributed by atoms with van der Waals surface area (Å²) in [5.41, 5.74) is 0. The summed E-state index contributed by atoms with van der Waals surface area (Å²) in [6, 6.07) is 0.935. The number of fused-ring (bicyclic) bond motifs is 2. The lowest BCUT2D eigenvalue weighted by Gasteiger charge is -2.24. The van der Waals surface area contributed by atoms with Gasteiger partial charge in [0.2, 0.25) is 0 Å². The monoisotopic (exact) mass is 236 g/mol. The number of hydrogen-bond donors (Lipinski definition) is 1. The molecule has 0 heterocycles. The van der Waals surface area contributed by atoms with Crippen molar-refractivity contribution >= 4 is 0 Å². The van der Waals surface area contributed by atoms with E-state index in [9.17, 15) is 0 Å². The molecule has 2 nitrogen and oxygen atoms in total. The van der Waals surface area contributed by atoms with Crippen LogP contribution in [0.5, 0.6) is 0 Å². The smallest absolute Gasteiger partial charge is 0.0110 e. The van der Waals surface area contributed by atoms with Crippen LogP contribution < -0.4 is 5.32 Å². The zero-order valence-electron chi connectivity index (χ0n) is 11.3. The molecule has 3 aliphatic rings. The predicted octanol–water partition coefficient (Wildman–Crippen LogP) is 2.50. The molecular weight excluding hydrogens is 208 g/mol. The van der Waals surface area contributed by atoms with E-state index >= 15 is 0 Å². The fourth-order valence-electron chi connectivity index (χ4n) is 4.18. The normalized spacial score (nSPS) is 36.0. The number of hydrogen-bond acceptors (Lipinski definition) is 2. The van der Waals surface area contributed by atoms with E-state index < -0.39 is 0 Å². The number of nitrogens with zero attached hydrogens (tertiary/aromatic N) is 1. The maximum atomic E-state index is 3.72. The molecule has 3 atom stereocenters. The summed E-state index contributed by atoms with van der Waals surface area (Å²) < 4.78 is 0. The van der Waals surface area contributed by atoms with Crippen molar-refractivity contribution in [3.8, 4) is 0 Å². The van der Waals surface area contributed by atoms with Crippen LogP contribution in [0.15, 0.2) is 0 Å². The Morgan fingerprint density at radius 3 is 2.59 bits per heavy atom. The first kappa shape index (κ1) is 12.0. The molecule has 0 radical (unpaired) electrons. The van der Waals surface area contributed by atoms with Crippen molar-refractivity contribution in [1.29, 1.82) is 0 Å². The number of rotatable bonds is 7. The quantitative estimate of drug-likeness (QED) is 0.683. The number of nitrogens with one attached hydrogen (secondary N) is 1. The second-order valence-electron chi connectivity index (χ2n) is 6.50. The van der Waals surface area contributed by atoms with Crippen molar-refractivity contribution in [2.75, 3.05) is 26.2 Å². The Hall–Kier alpha value is -0.0800. The van der Waals surface area contributed by atoms with Gasteiger partial charge in [0.05, 0.1) is 0 Å². The van der Waals surface area contributed by atoms with E-state index in [-0.39, 0.29) is 0 Å². The van der Waals surface area contributed by atoms with Gasteiger partial charge in [0.25, 0.3) is 0 Å². The van der Waals surface area contributed by atoms with Crippen LogP contribution in [0.25, 0.3) is 0 Å². The molecular formula is C15H28N2. The maximum absolute atomic E-state index is 3.72. The Balaban J connectivity index is 1.30. The van der Waals surface area contributed by atoms with Crippen LogP contribution in [0.3, 0.4) is 0 Å². The minimum atomic E-state index is 0.935. The fourth-order valence-corrected chi connectivity index (χ4v) is 4.18.